The van der Waals surface area contributed by atoms with Crippen molar-refractivity contribution in [1.29, 1.82) is 0 Å². The average molecular weight is 370 g/mol. The summed E-state index contributed by atoms with van der Waals surface area (Å²) in [6.45, 7) is 6.62. The minimum absolute atomic E-state index is 0.127. The van der Waals surface area contributed by atoms with Crippen LogP contribution in [0.2, 0.25) is 0 Å². The first kappa shape index (κ1) is 20.6. The molecule has 4 nitrogen and oxygen atoms in total. The summed E-state index contributed by atoms with van der Waals surface area (Å²) in [5.74, 6) is -0.638. The van der Waals surface area contributed by atoms with Crippen molar-refractivity contribution < 1.29 is 14.0 Å². The predicted octanol–water partition coefficient (Wildman–Crippen LogP) is 3.62. The van der Waals surface area contributed by atoms with Gasteiger partial charge in [0.25, 0.3) is 0 Å². The van der Waals surface area contributed by atoms with E-state index in [1.54, 1.807) is 17.0 Å². The third kappa shape index (κ3) is 5.64. The Hall–Kier alpha value is -2.69. The van der Waals surface area contributed by atoms with Gasteiger partial charge in [0.2, 0.25) is 11.8 Å². The van der Waals surface area contributed by atoms with Crippen molar-refractivity contribution in [3.8, 4) is 0 Å². The number of amides is 2. The molecule has 2 aromatic rings. The molecule has 0 aliphatic carbocycles. The number of benzene rings is 2. The van der Waals surface area contributed by atoms with Crippen LogP contribution in [0.15, 0.2) is 48.5 Å². The molecule has 0 unspecified atom stereocenters. The highest BCUT2D eigenvalue weighted by Gasteiger charge is 2.28. The molecule has 0 radical (unpaired) electrons. The fourth-order valence-electron chi connectivity index (χ4n) is 3.06. The molecule has 0 spiro atoms. The Labute approximate surface area is 160 Å². The molecule has 0 heterocycles. The SMILES string of the molecule is CCNC(=O)[C@@H](CC)N(Cc1ccccc1C)C(=O)Cc1ccc(F)cc1. The second-order valence-electron chi connectivity index (χ2n) is 6.57. The van der Waals surface area contributed by atoms with Crippen molar-refractivity contribution in [2.75, 3.05) is 6.54 Å². The highest BCUT2D eigenvalue weighted by atomic mass is 19.1. The van der Waals surface area contributed by atoms with E-state index in [9.17, 15) is 14.0 Å². The molecule has 144 valence electrons. The van der Waals surface area contributed by atoms with Crippen LogP contribution < -0.4 is 5.32 Å². The third-order valence-electron chi connectivity index (χ3n) is 4.61. The van der Waals surface area contributed by atoms with E-state index in [0.717, 1.165) is 16.7 Å². The van der Waals surface area contributed by atoms with Crippen molar-refractivity contribution in [3.63, 3.8) is 0 Å². The van der Waals surface area contributed by atoms with Crippen molar-refractivity contribution in [3.05, 3.63) is 71.0 Å². The minimum Gasteiger partial charge on any atom is -0.355 e. The van der Waals surface area contributed by atoms with Gasteiger partial charge in [-0.05, 0) is 49.1 Å². The molecule has 2 aromatic carbocycles. The lowest BCUT2D eigenvalue weighted by molar-refractivity contribution is -0.140. The van der Waals surface area contributed by atoms with Crippen LogP contribution in [-0.2, 0) is 22.6 Å². The third-order valence-corrected chi connectivity index (χ3v) is 4.61. The summed E-state index contributed by atoms with van der Waals surface area (Å²) in [4.78, 5) is 27.2. The summed E-state index contributed by atoms with van der Waals surface area (Å²) >= 11 is 0. The Kier molecular flexibility index (Phi) is 7.53. The number of nitrogens with zero attached hydrogens (tertiary/aromatic N) is 1. The lowest BCUT2D eigenvalue weighted by atomic mass is 10.0. The first-order valence-corrected chi connectivity index (χ1v) is 9.32. The topological polar surface area (TPSA) is 49.4 Å². The van der Waals surface area contributed by atoms with Crippen LogP contribution >= 0.6 is 0 Å². The van der Waals surface area contributed by atoms with Gasteiger partial charge >= 0.3 is 0 Å². The molecule has 1 atom stereocenters. The Morgan fingerprint density at radius 2 is 1.74 bits per heavy atom. The molecule has 0 aliphatic heterocycles. The van der Waals surface area contributed by atoms with Crippen LogP contribution in [0.25, 0.3) is 0 Å². The zero-order valence-corrected chi connectivity index (χ0v) is 16.2. The molecule has 0 bridgehead atoms. The summed E-state index contributed by atoms with van der Waals surface area (Å²) in [5.41, 5.74) is 2.80. The van der Waals surface area contributed by atoms with E-state index in [4.69, 9.17) is 0 Å². The molecule has 27 heavy (non-hydrogen) atoms. The van der Waals surface area contributed by atoms with E-state index >= 15 is 0 Å². The van der Waals surface area contributed by atoms with Gasteiger partial charge in [-0.2, -0.15) is 0 Å². The number of hydrogen-bond donors (Lipinski definition) is 1. The summed E-state index contributed by atoms with van der Waals surface area (Å²) in [6.07, 6.45) is 0.648. The Morgan fingerprint density at radius 3 is 2.33 bits per heavy atom. The van der Waals surface area contributed by atoms with Gasteiger partial charge in [0.1, 0.15) is 11.9 Å². The summed E-state index contributed by atoms with van der Waals surface area (Å²) in [5, 5.41) is 2.82. The number of hydrogen-bond acceptors (Lipinski definition) is 2. The zero-order valence-electron chi connectivity index (χ0n) is 16.2. The molecule has 0 fully saturated rings. The largest absolute Gasteiger partial charge is 0.355 e. The maximum Gasteiger partial charge on any atom is 0.242 e. The van der Waals surface area contributed by atoms with Crippen LogP contribution in [-0.4, -0.2) is 29.3 Å². The molecule has 0 aromatic heterocycles. The molecule has 0 aliphatic rings. The van der Waals surface area contributed by atoms with Crippen LogP contribution in [0.1, 0.15) is 37.0 Å². The van der Waals surface area contributed by atoms with E-state index in [0.29, 0.717) is 19.5 Å². The zero-order chi connectivity index (χ0) is 19.8. The first-order valence-electron chi connectivity index (χ1n) is 9.32. The van der Waals surface area contributed by atoms with E-state index in [2.05, 4.69) is 5.32 Å². The molecule has 2 rings (SSSR count). The van der Waals surface area contributed by atoms with Gasteiger partial charge in [0, 0.05) is 13.1 Å². The van der Waals surface area contributed by atoms with Crippen molar-refractivity contribution >= 4 is 11.8 Å². The average Bonchev–Trinajstić information content (AvgIpc) is 2.65. The maximum absolute atomic E-state index is 13.1. The van der Waals surface area contributed by atoms with Crippen molar-refractivity contribution in [1.82, 2.24) is 10.2 Å². The van der Waals surface area contributed by atoms with Gasteiger partial charge < -0.3 is 10.2 Å². The fraction of sp³-hybridized carbons (Fsp3) is 0.364. The van der Waals surface area contributed by atoms with E-state index < -0.39 is 6.04 Å². The number of halogens is 1. The van der Waals surface area contributed by atoms with Crippen LogP contribution in [0.5, 0.6) is 0 Å². The van der Waals surface area contributed by atoms with Gasteiger partial charge in [-0.3, -0.25) is 9.59 Å². The number of nitrogens with one attached hydrogen (secondary N) is 1. The second kappa shape index (κ2) is 9.86. The normalized spacial score (nSPS) is 11.7. The van der Waals surface area contributed by atoms with Crippen LogP contribution in [0.4, 0.5) is 4.39 Å². The molecule has 0 saturated carbocycles. The Bertz CT molecular complexity index is 774. The minimum atomic E-state index is -0.544. The van der Waals surface area contributed by atoms with Crippen LogP contribution in [0, 0.1) is 12.7 Å². The van der Waals surface area contributed by atoms with Gasteiger partial charge in [0.05, 0.1) is 6.42 Å². The molecule has 0 saturated heterocycles. The van der Waals surface area contributed by atoms with E-state index in [1.807, 2.05) is 45.0 Å². The quantitative estimate of drug-likeness (QED) is 0.772. The number of aryl methyl sites for hydroxylation is 1. The lowest BCUT2D eigenvalue weighted by Gasteiger charge is -2.31. The summed E-state index contributed by atoms with van der Waals surface area (Å²) in [6, 6.07) is 13.2. The molecular weight excluding hydrogens is 343 g/mol. The standard InChI is InChI=1S/C22H27FN2O2/c1-4-20(22(27)24-5-2)25(15-18-9-7-6-8-16(18)3)21(26)14-17-10-12-19(23)13-11-17/h6-13,20H,4-5,14-15H2,1-3H3,(H,24,27)/t20-/m1/s1. The van der Waals surface area contributed by atoms with Gasteiger partial charge in [0.15, 0.2) is 0 Å². The summed E-state index contributed by atoms with van der Waals surface area (Å²) in [7, 11) is 0. The second-order valence-corrected chi connectivity index (χ2v) is 6.57. The predicted molar refractivity (Wildman–Crippen MR) is 105 cm³/mol. The number of likely N-dealkylation sites (N-methyl/N-ethyl adjacent to an activating group) is 1. The highest BCUT2D eigenvalue weighted by molar-refractivity contribution is 5.88. The monoisotopic (exact) mass is 370 g/mol. The number of carbonyl (C=O) groups excluding carboxylic acids is 2. The first-order chi connectivity index (χ1) is 13.0. The summed E-state index contributed by atoms with van der Waals surface area (Å²) < 4.78 is 13.1. The maximum atomic E-state index is 13.1. The van der Waals surface area contributed by atoms with E-state index in [1.165, 1.54) is 12.1 Å². The van der Waals surface area contributed by atoms with Gasteiger partial charge in [-0.15, -0.1) is 0 Å². The highest BCUT2D eigenvalue weighted by Crippen LogP contribution is 2.17. The molecule has 1 N–H and O–H groups in total. The van der Waals surface area contributed by atoms with Gasteiger partial charge in [-0.1, -0.05) is 43.3 Å². The van der Waals surface area contributed by atoms with Crippen molar-refractivity contribution in [2.24, 2.45) is 0 Å². The number of carbonyl (C=O) groups is 2. The van der Waals surface area contributed by atoms with Crippen LogP contribution in [0.3, 0.4) is 0 Å². The molecule has 5 heteroatoms. The van der Waals surface area contributed by atoms with Crippen molar-refractivity contribution in [2.45, 2.75) is 46.2 Å². The number of rotatable bonds is 8. The fourth-order valence-corrected chi connectivity index (χ4v) is 3.06. The van der Waals surface area contributed by atoms with Gasteiger partial charge in [-0.25, -0.2) is 4.39 Å². The smallest absolute Gasteiger partial charge is 0.242 e. The molecular formula is C22H27FN2O2. The van der Waals surface area contributed by atoms with E-state index in [-0.39, 0.29) is 24.1 Å². The molecule has 2 amide bonds. The lowest BCUT2D eigenvalue weighted by Crippen LogP contribution is -2.49. The Balaban J connectivity index is 2.29. The Morgan fingerprint density at radius 1 is 1.07 bits per heavy atom.